The molecule has 1 heterocycles. The van der Waals surface area contributed by atoms with Gasteiger partial charge in [-0.25, -0.2) is 0 Å². The Morgan fingerprint density at radius 3 is 3.21 bits per heavy atom. The lowest BCUT2D eigenvalue weighted by atomic mass is 10.1. The van der Waals surface area contributed by atoms with Gasteiger partial charge in [0.15, 0.2) is 0 Å². The predicted molar refractivity (Wildman–Crippen MR) is 64.0 cm³/mol. The van der Waals surface area contributed by atoms with E-state index >= 15 is 0 Å². The van der Waals surface area contributed by atoms with Gasteiger partial charge in [0.2, 0.25) is 0 Å². The first-order valence-electron chi connectivity index (χ1n) is 4.86. The molecule has 1 aromatic rings. The minimum Gasteiger partial charge on any atom is -0.384 e. The number of anilines is 1. The number of hydrogen-bond donors (Lipinski definition) is 2. The van der Waals surface area contributed by atoms with Crippen molar-refractivity contribution < 1.29 is 0 Å². The molecule has 1 aliphatic rings. The van der Waals surface area contributed by atoms with Crippen molar-refractivity contribution in [2.45, 2.75) is 12.8 Å². The van der Waals surface area contributed by atoms with E-state index in [2.05, 4.69) is 48.0 Å². The van der Waals surface area contributed by atoms with Crippen LogP contribution in [0.4, 0.5) is 5.69 Å². The van der Waals surface area contributed by atoms with Gasteiger partial charge in [0.25, 0.3) is 0 Å². The van der Waals surface area contributed by atoms with Crippen LogP contribution in [0.15, 0.2) is 18.2 Å². The molecule has 72 valence electrons. The molecule has 14 heavy (non-hydrogen) atoms. The van der Waals surface area contributed by atoms with Gasteiger partial charge in [0, 0.05) is 30.0 Å². The zero-order chi connectivity index (χ0) is 9.80. The van der Waals surface area contributed by atoms with Crippen LogP contribution in [-0.2, 0) is 6.42 Å². The first kappa shape index (κ1) is 9.48. The molecule has 0 aromatic heterocycles. The van der Waals surface area contributed by atoms with Crippen molar-refractivity contribution in [1.82, 2.24) is 0 Å². The Bertz CT molecular complexity index is 387. The van der Waals surface area contributed by atoms with Gasteiger partial charge in [-0.1, -0.05) is 11.8 Å². The van der Waals surface area contributed by atoms with E-state index < -0.39 is 0 Å². The SMILES string of the molecule is SCCC#Cc1ccc2c(c1)CCN2. The third kappa shape index (κ3) is 2.05. The molecule has 1 nitrogen and oxygen atoms in total. The fourth-order valence-corrected chi connectivity index (χ4v) is 1.71. The standard InChI is InChI=1S/C12H13NS/c14-8-2-1-3-10-4-5-12-11(9-10)6-7-13-12/h4-5,9,13-14H,2,6-8H2. The Labute approximate surface area is 90.3 Å². The van der Waals surface area contributed by atoms with Crippen molar-refractivity contribution in [3.05, 3.63) is 29.3 Å². The van der Waals surface area contributed by atoms with Gasteiger partial charge in [0.05, 0.1) is 0 Å². The highest BCUT2D eigenvalue weighted by molar-refractivity contribution is 7.80. The summed E-state index contributed by atoms with van der Waals surface area (Å²) in [4.78, 5) is 0. The fraction of sp³-hybridized carbons (Fsp3) is 0.333. The molecule has 0 unspecified atom stereocenters. The minimum absolute atomic E-state index is 0.833. The highest BCUT2D eigenvalue weighted by atomic mass is 32.1. The second-order valence-electron chi connectivity index (χ2n) is 3.32. The number of hydrogen-bond acceptors (Lipinski definition) is 2. The van der Waals surface area contributed by atoms with E-state index in [0.29, 0.717) is 0 Å². The van der Waals surface area contributed by atoms with Crippen LogP contribution in [0.1, 0.15) is 17.5 Å². The van der Waals surface area contributed by atoms with Crippen LogP contribution in [0.25, 0.3) is 0 Å². The van der Waals surface area contributed by atoms with Gasteiger partial charge in [-0.15, -0.1) is 0 Å². The summed E-state index contributed by atoms with van der Waals surface area (Å²) in [6.45, 7) is 1.06. The molecular formula is C12H13NS. The van der Waals surface area contributed by atoms with Gasteiger partial charge in [0.1, 0.15) is 0 Å². The highest BCUT2D eigenvalue weighted by Crippen LogP contribution is 2.22. The quantitative estimate of drug-likeness (QED) is 0.527. The Morgan fingerprint density at radius 1 is 1.43 bits per heavy atom. The summed E-state index contributed by atoms with van der Waals surface area (Å²) in [5.41, 5.74) is 3.78. The molecule has 0 bridgehead atoms. The second-order valence-corrected chi connectivity index (χ2v) is 3.77. The van der Waals surface area contributed by atoms with Crippen molar-refractivity contribution in [3.63, 3.8) is 0 Å². The maximum atomic E-state index is 4.12. The molecule has 1 N–H and O–H groups in total. The van der Waals surface area contributed by atoms with Gasteiger partial charge >= 0.3 is 0 Å². The lowest BCUT2D eigenvalue weighted by molar-refractivity contribution is 1.11. The zero-order valence-corrected chi connectivity index (χ0v) is 8.90. The van der Waals surface area contributed by atoms with Crippen LogP contribution in [0.3, 0.4) is 0 Å². The molecule has 0 saturated carbocycles. The first-order valence-corrected chi connectivity index (χ1v) is 5.50. The maximum Gasteiger partial charge on any atom is 0.0374 e. The van der Waals surface area contributed by atoms with Gasteiger partial charge < -0.3 is 5.32 Å². The summed E-state index contributed by atoms with van der Waals surface area (Å²) in [7, 11) is 0. The fourth-order valence-electron chi connectivity index (χ4n) is 1.60. The maximum absolute atomic E-state index is 4.12. The van der Waals surface area contributed by atoms with E-state index in [9.17, 15) is 0 Å². The molecule has 2 heteroatoms. The van der Waals surface area contributed by atoms with Crippen LogP contribution >= 0.6 is 12.6 Å². The summed E-state index contributed by atoms with van der Waals surface area (Å²) < 4.78 is 0. The molecule has 0 radical (unpaired) electrons. The monoisotopic (exact) mass is 203 g/mol. The Hall–Kier alpha value is -1.07. The van der Waals surface area contributed by atoms with Crippen molar-refractivity contribution in [3.8, 4) is 11.8 Å². The van der Waals surface area contributed by atoms with Crippen molar-refractivity contribution in [1.29, 1.82) is 0 Å². The molecule has 0 spiro atoms. The summed E-state index contributed by atoms with van der Waals surface area (Å²) in [6.07, 6.45) is 1.98. The second kappa shape index (κ2) is 4.43. The van der Waals surface area contributed by atoms with Crippen LogP contribution in [0.2, 0.25) is 0 Å². The molecule has 2 rings (SSSR count). The first-order chi connectivity index (χ1) is 6.90. The average molecular weight is 203 g/mol. The van der Waals surface area contributed by atoms with Crippen LogP contribution in [0, 0.1) is 11.8 Å². The van der Waals surface area contributed by atoms with Crippen molar-refractivity contribution >= 4 is 18.3 Å². The third-order valence-electron chi connectivity index (χ3n) is 2.28. The number of thiol groups is 1. The third-order valence-corrected chi connectivity index (χ3v) is 2.51. The van der Waals surface area contributed by atoms with Crippen molar-refractivity contribution in [2.24, 2.45) is 0 Å². The molecule has 0 atom stereocenters. The zero-order valence-electron chi connectivity index (χ0n) is 8.01. The van der Waals surface area contributed by atoms with E-state index in [4.69, 9.17) is 0 Å². The van der Waals surface area contributed by atoms with E-state index in [1.54, 1.807) is 0 Å². The summed E-state index contributed by atoms with van der Waals surface area (Å²) in [6, 6.07) is 6.37. The van der Waals surface area contributed by atoms with Crippen molar-refractivity contribution in [2.75, 3.05) is 17.6 Å². The van der Waals surface area contributed by atoms with E-state index in [-0.39, 0.29) is 0 Å². The molecule has 0 saturated heterocycles. The number of rotatable bonds is 1. The largest absolute Gasteiger partial charge is 0.384 e. The Balaban J connectivity index is 2.18. The Kier molecular flexibility index (Phi) is 3.00. The predicted octanol–water partition coefficient (Wildman–Crippen LogP) is 2.33. The van der Waals surface area contributed by atoms with E-state index in [0.717, 1.165) is 30.7 Å². The smallest absolute Gasteiger partial charge is 0.0374 e. The number of nitrogens with one attached hydrogen (secondary N) is 1. The summed E-state index contributed by atoms with van der Waals surface area (Å²) >= 11 is 4.12. The average Bonchev–Trinajstić information content (AvgIpc) is 2.65. The molecule has 0 fully saturated rings. The highest BCUT2D eigenvalue weighted by Gasteiger charge is 2.08. The van der Waals surface area contributed by atoms with Gasteiger partial charge in [-0.2, -0.15) is 12.6 Å². The Morgan fingerprint density at radius 2 is 2.36 bits per heavy atom. The lowest BCUT2D eigenvalue weighted by Crippen LogP contribution is -1.90. The van der Waals surface area contributed by atoms with Crippen LogP contribution in [-0.4, -0.2) is 12.3 Å². The summed E-state index contributed by atoms with van der Waals surface area (Å²) in [5.74, 6) is 7.08. The van der Waals surface area contributed by atoms with E-state index in [1.165, 1.54) is 11.3 Å². The van der Waals surface area contributed by atoms with Crippen LogP contribution < -0.4 is 5.32 Å². The van der Waals surface area contributed by atoms with Gasteiger partial charge in [-0.05, 0) is 30.2 Å². The van der Waals surface area contributed by atoms with E-state index in [1.807, 2.05) is 0 Å². The van der Waals surface area contributed by atoms with Gasteiger partial charge in [-0.3, -0.25) is 0 Å². The number of benzene rings is 1. The molecule has 1 aliphatic heterocycles. The van der Waals surface area contributed by atoms with Crippen LogP contribution in [0.5, 0.6) is 0 Å². The normalized spacial score (nSPS) is 12.6. The minimum atomic E-state index is 0.833. The molecule has 0 aliphatic carbocycles. The lowest BCUT2D eigenvalue weighted by Gasteiger charge is -1.98. The number of fused-ring (bicyclic) bond motifs is 1. The summed E-state index contributed by atoms with van der Waals surface area (Å²) in [5, 5.41) is 3.33. The molecule has 0 amide bonds. The topological polar surface area (TPSA) is 12.0 Å². The molecule has 1 aromatic carbocycles. The molecular weight excluding hydrogens is 190 g/mol.